The Bertz CT molecular complexity index is 809. The second-order valence-electron chi connectivity index (χ2n) is 5.41. The SMILES string of the molecule is CCOC(=O)COc1cc2c(=O)c3c(oc2cc1Cl)CCCC3. The Hall–Kier alpha value is -2.01. The number of rotatable bonds is 4. The van der Waals surface area contributed by atoms with Crippen molar-refractivity contribution in [3.63, 3.8) is 0 Å². The van der Waals surface area contributed by atoms with E-state index in [1.807, 2.05) is 0 Å². The highest BCUT2D eigenvalue weighted by atomic mass is 35.5. The smallest absolute Gasteiger partial charge is 0.344 e. The van der Waals surface area contributed by atoms with Crippen molar-refractivity contribution in [2.45, 2.75) is 32.6 Å². The molecule has 0 N–H and O–H groups in total. The van der Waals surface area contributed by atoms with Crippen LogP contribution in [0.3, 0.4) is 0 Å². The molecule has 0 bridgehead atoms. The highest BCUT2D eigenvalue weighted by molar-refractivity contribution is 6.32. The first-order valence-corrected chi connectivity index (χ1v) is 8.04. The number of halogens is 1. The molecule has 3 rings (SSSR count). The van der Waals surface area contributed by atoms with E-state index in [1.165, 1.54) is 6.07 Å². The van der Waals surface area contributed by atoms with Gasteiger partial charge in [-0.1, -0.05) is 11.6 Å². The largest absolute Gasteiger partial charge is 0.480 e. The molecule has 0 amide bonds. The molecule has 0 radical (unpaired) electrons. The summed E-state index contributed by atoms with van der Waals surface area (Å²) < 4.78 is 16.0. The van der Waals surface area contributed by atoms with Crippen molar-refractivity contribution in [2.24, 2.45) is 0 Å². The van der Waals surface area contributed by atoms with Gasteiger partial charge in [-0.2, -0.15) is 0 Å². The first kappa shape index (κ1) is 15.9. The zero-order valence-electron chi connectivity index (χ0n) is 12.8. The van der Waals surface area contributed by atoms with Crippen molar-refractivity contribution in [1.29, 1.82) is 0 Å². The minimum atomic E-state index is -0.485. The minimum Gasteiger partial charge on any atom is -0.480 e. The molecule has 23 heavy (non-hydrogen) atoms. The van der Waals surface area contributed by atoms with Gasteiger partial charge in [-0.3, -0.25) is 4.79 Å². The number of ether oxygens (including phenoxy) is 2. The molecule has 0 fully saturated rings. The topological polar surface area (TPSA) is 65.7 Å². The number of carbonyl (C=O) groups excluding carboxylic acids is 1. The fourth-order valence-corrected chi connectivity index (χ4v) is 2.98. The van der Waals surface area contributed by atoms with Crippen LogP contribution < -0.4 is 10.2 Å². The standard InChI is InChI=1S/C17H17ClO5/c1-2-21-16(19)9-22-15-7-11-14(8-12(15)18)23-13-6-4-3-5-10(13)17(11)20/h7-8H,2-6,9H2,1H3. The Balaban J connectivity index is 1.98. The van der Waals surface area contributed by atoms with Gasteiger partial charge >= 0.3 is 5.97 Å². The Kier molecular flexibility index (Phi) is 4.57. The van der Waals surface area contributed by atoms with Gasteiger partial charge in [0.25, 0.3) is 0 Å². The number of hydrogen-bond acceptors (Lipinski definition) is 5. The first-order valence-electron chi connectivity index (χ1n) is 7.66. The van der Waals surface area contributed by atoms with Gasteiger partial charge in [0.15, 0.2) is 12.0 Å². The van der Waals surface area contributed by atoms with Crippen molar-refractivity contribution in [3.05, 3.63) is 38.7 Å². The summed E-state index contributed by atoms with van der Waals surface area (Å²) in [6.45, 7) is 1.74. The van der Waals surface area contributed by atoms with Crippen LogP contribution in [0.5, 0.6) is 5.75 Å². The van der Waals surface area contributed by atoms with Gasteiger partial charge < -0.3 is 13.9 Å². The third-order valence-corrected chi connectivity index (χ3v) is 4.15. The molecule has 1 aliphatic carbocycles. The van der Waals surface area contributed by atoms with Gasteiger partial charge in [-0.05, 0) is 32.3 Å². The third kappa shape index (κ3) is 3.20. The molecule has 1 aliphatic rings. The van der Waals surface area contributed by atoms with Gasteiger partial charge in [0.05, 0.1) is 17.0 Å². The van der Waals surface area contributed by atoms with Crippen molar-refractivity contribution in [2.75, 3.05) is 13.2 Å². The fourth-order valence-electron chi connectivity index (χ4n) is 2.77. The number of benzene rings is 1. The molecule has 0 atom stereocenters. The lowest BCUT2D eigenvalue weighted by Crippen LogP contribution is -2.17. The van der Waals surface area contributed by atoms with Crippen LogP contribution in [-0.2, 0) is 22.4 Å². The molecule has 0 unspecified atom stereocenters. The van der Waals surface area contributed by atoms with E-state index in [2.05, 4.69) is 0 Å². The van der Waals surface area contributed by atoms with Gasteiger partial charge in [0, 0.05) is 18.1 Å². The number of esters is 1. The molecule has 1 aromatic carbocycles. The Morgan fingerprint density at radius 1 is 1.30 bits per heavy atom. The zero-order chi connectivity index (χ0) is 16.4. The molecule has 1 aromatic heterocycles. The first-order chi connectivity index (χ1) is 11.1. The van der Waals surface area contributed by atoms with Crippen molar-refractivity contribution < 1.29 is 18.7 Å². The number of hydrogen-bond donors (Lipinski definition) is 0. The molecule has 0 saturated heterocycles. The van der Waals surface area contributed by atoms with Crippen LogP contribution in [0.25, 0.3) is 11.0 Å². The van der Waals surface area contributed by atoms with E-state index in [4.69, 9.17) is 25.5 Å². The summed E-state index contributed by atoms with van der Waals surface area (Å²) in [5.74, 6) is 0.543. The van der Waals surface area contributed by atoms with E-state index in [9.17, 15) is 9.59 Å². The molecular formula is C17H17ClO5. The average Bonchev–Trinajstić information content (AvgIpc) is 2.54. The Morgan fingerprint density at radius 3 is 2.87 bits per heavy atom. The van der Waals surface area contributed by atoms with E-state index in [1.54, 1.807) is 13.0 Å². The van der Waals surface area contributed by atoms with Crippen LogP contribution in [0.2, 0.25) is 5.02 Å². The summed E-state index contributed by atoms with van der Waals surface area (Å²) in [6.07, 6.45) is 3.52. The maximum absolute atomic E-state index is 12.6. The summed E-state index contributed by atoms with van der Waals surface area (Å²) in [6, 6.07) is 3.10. The normalized spacial score (nSPS) is 13.7. The van der Waals surface area contributed by atoms with Crippen molar-refractivity contribution >= 4 is 28.5 Å². The van der Waals surface area contributed by atoms with Gasteiger partial charge in [-0.15, -0.1) is 0 Å². The van der Waals surface area contributed by atoms with E-state index in [-0.39, 0.29) is 24.4 Å². The molecule has 0 saturated carbocycles. The van der Waals surface area contributed by atoms with Crippen molar-refractivity contribution in [1.82, 2.24) is 0 Å². The van der Waals surface area contributed by atoms with Crippen molar-refractivity contribution in [3.8, 4) is 5.75 Å². The van der Waals surface area contributed by atoms with E-state index < -0.39 is 5.97 Å². The zero-order valence-corrected chi connectivity index (χ0v) is 13.6. The number of carbonyl (C=O) groups is 1. The lowest BCUT2D eigenvalue weighted by Gasteiger charge is -2.15. The average molecular weight is 337 g/mol. The maximum Gasteiger partial charge on any atom is 0.344 e. The molecule has 6 heteroatoms. The van der Waals surface area contributed by atoms with Gasteiger partial charge in [0.1, 0.15) is 17.1 Å². The molecule has 0 spiro atoms. The van der Waals surface area contributed by atoms with Crippen LogP contribution in [0.4, 0.5) is 0 Å². The van der Waals surface area contributed by atoms with Crippen LogP contribution >= 0.6 is 11.6 Å². The van der Waals surface area contributed by atoms with E-state index >= 15 is 0 Å². The predicted molar refractivity (Wildman–Crippen MR) is 86.3 cm³/mol. The van der Waals surface area contributed by atoms with E-state index in [0.29, 0.717) is 16.0 Å². The summed E-state index contributed by atoms with van der Waals surface area (Å²) in [5, 5.41) is 0.717. The summed E-state index contributed by atoms with van der Waals surface area (Å²) >= 11 is 6.16. The Morgan fingerprint density at radius 2 is 2.09 bits per heavy atom. The van der Waals surface area contributed by atoms with Gasteiger partial charge in [0.2, 0.25) is 0 Å². The number of fused-ring (bicyclic) bond motifs is 2. The van der Waals surface area contributed by atoms with Crippen LogP contribution in [0.1, 0.15) is 31.1 Å². The maximum atomic E-state index is 12.6. The molecule has 122 valence electrons. The molecular weight excluding hydrogens is 320 g/mol. The minimum absolute atomic E-state index is 0.0430. The molecule has 0 aliphatic heterocycles. The summed E-state index contributed by atoms with van der Waals surface area (Å²) in [4.78, 5) is 24.0. The molecule has 5 nitrogen and oxygen atoms in total. The molecule has 2 aromatic rings. The van der Waals surface area contributed by atoms with Crippen LogP contribution in [0, 0.1) is 0 Å². The lowest BCUT2D eigenvalue weighted by molar-refractivity contribution is -0.145. The van der Waals surface area contributed by atoms with Gasteiger partial charge in [-0.25, -0.2) is 4.79 Å². The fraction of sp³-hybridized carbons (Fsp3) is 0.412. The van der Waals surface area contributed by atoms with E-state index in [0.717, 1.165) is 37.0 Å². The number of aryl methyl sites for hydroxylation is 1. The van der Waals surface area contributed by atoms with Crippen LogP contribution in [0.15, 0.2) is 21.3 Å². The quantitative estimate of drug-likeness (QED) is 0.802. The third-order valence-electron chi connectivity index (χ3n) is 3.85. The highest BCUT2D eigenvalue weighted by Crippen LogP contribution is 2.31. The molecule has 1 heterocycles. The predicted octanol–water partition coefficient (Wildman–Crippen LogP) is 3.27. The summed E-state index contributed by atoms with van der Waals surface area (Å²) in [5.41, 5.74) is 1.14. The second-order valence-corrected chi connectivity index (χ2v) is 5.82. The monoisotopic (exact) mass is 336 g/mol. The lowest BCUT2D eigenvalue weighted by atomic mass is 9.96. The summed E-state index contributed by atoms with van der Waals surface area (Å²) in [7, 11) is 0. The van der Waals surface area contributed by atoms with Crippen LogP contribution in [-0.4, -0.2) is 19.2 Å². The highest BCUT2D eigenvalue weighted by Gasteiger charge is 2.19. The second kappa shape index (κ2) is 6.62. The Labute approximate surface area is 138 Å².